The highest BCUT2D eigenvalue weighted by Gasteiger charge is 2.32. The Kier molecular flexibility index (Phi) is 6.73. The topological polar surface area (TPSA) is 59.4 Å². The maximum atomic E-state index is 13.7. The molecule has 1 N–H and O–H groups in total. The maximum Gasteiger partial charge on any atom is 0.304 e. The molecule has 0 saturated heterocycles. The first-order valence-corrected chi connectivity index (χ1v) is 12.7. The summed E-state index contributed by atoms with van der Waals surface area (Å²) in [5, 5.41) is 9.86. The van der Waals surface area contributed by atoms with Crippen molar-refractivity contribution in [2.24, 2.45) is 0 Å². The SMILES string of the molecule is CC(C)(CC(=O)O)SC1c2ccccc2COc2ccc(C=Cc3ccc4cc(F)c(F)cc4n3)cc21. The van der Waals surface area contributed by atoms with Gasteiger partial charge < -0.3 is 9.84 Å². The molecular weight excluding hydrogens is 492 g/mol. The molecule has 37 heavy (non-hydrogen) atoms. The van der Waals surface area contributed by atoms with Gasteiger partial charge in [0.15, 0.2) is 11.6 Å². The van der Waals surface area contributed by atoms with Gasteiger partial charge >= 0.3 is 5.97 Å². The van der Waals surface area contributed by atoms with Crippen LogP contribution in [-0.2, 0) is 11.4 Å². The molecule has 4 nitrogen and oxygen atoms in total. The fourth-order valence-electron chi connectivity index (χ4n) is 4.51. The number of ether oxygens (including phenoxy) is 1. The van der Waals surface area contributed by atoms with Crippen molar-refractivity contribution in [1.82, 2.24) is 4.98 Å². The van der Waals surface area contributed by atoms with E-state index in [-0.39, 0.29) is 11.7 Å². The average Bonchev–Trinajstić information content (AvgIpc) is 2.99. The second-order valence-corrected chi connectivity index (χ2v) is 11.5. The van der Waals surface area contributed by atoms with Crippen molar-refractivity contribution >= 4 is 40.8 Å². The van der Waals surface area contributed by atoms with Gasteiger partial charge in [0, 0.05) is 21.8 Å². The first-order chi connectivity index (χ1) is 17.7. The van der Waals surface area contributed by atoms with Crippen LogP contribution in [0.5, 0.6) is 5.75 Å². The van der Waals surface area contributed by atoms with E-state index in [1.54, 1.807) is 23.9 Å². The van der Waals surface area contributed by atoms with Crippen LogP contribution >= 0.6 is 11.8 Å². The van der Waals surface area contributed by atoms with Gasteiger partial charge in [0.2, 0.25) is 0 Å². The Hall–Kier alpha value is -3.71. The average molecular weight is 518 g/mol. The Morgan fingerprint density at radius 3 is 2.65 bits per heavy atom. The quantitative estimate of drug-likeness (QED) is 0.285. The summed E-state index contributed by atoms with van der Waals surface area (Å²) in [6.07, 6.45) is 3.77. The van der Waals surface area contributed by atoms with Gasteiger partial charge in [-0.15, -0.1) is 11.8 Å². The van der Waals surface area contributed by atoms with Crippen molar-refractivity contribution in [2.75, 3.05) is 0 Å². The van der Waals surface area contributed by atoms with Crippen LogP contribution in [0.25, 0.3) is 23.1 Å². The molecule has 3 aromatic carbocycles. The predicted molar refractivity (Wildman–Crippen MR) is 144 cm³/mol. The number of rotatable bonds is 6. The molecule has 0 saturated carbocycles. The van der Waals surface area contributed by atoms with Crippen molar-refractivity contribution in [3.8, 4) is 5.75 Å². The van der Waals surface area contributed by atoms with Crippen molar-refractivity contribution < 1.29 is 23.4 Å². The zero-order chi connectivity index (χ0) is 26.2. The molecule has 0 amide bonds. The molecule has 0 radical (unpaired) electrons. The lowest BCUT2D eigenvalue weighted by Crippen LogP contribution is -2.22. The second kappa shape index (κ2) is 9.98. The number of halogens is 2. The van der Waals surface area contributed by atoms with E-state index >= 15 is 0 Å². The molecule has 0 bridgehead atoms. The van der Waals surface area contributed by atoms with Crippen molar-refractivity contribution in [1.29, 1.82) is 0 Å². The minimum absolute atomic E-state index is 0.0320. The van der Waals surface area contributed by atoms with E-state index in [1.165, 1.54) is 0 Å². The number of hydrogen-bond donors (Lipinski definition) is 1. The van der Waals surface area contributed by atoms with Gasteiger partial charge in [-0.1, -0.05) is 56.3 Å². The summed E-state index contributed by atoms with van der Waals surface area (Å²) in [6.45, 7) is 4.33. The van der Waals surface area contributed by atoms with Gasteiger partial charge in [-0.3, -0.25) is 4.79 Å². The van der Waals surface area contributed by atoms with Gasteiger partial charge in [-0.05, 0) is 47.0 Å². The fourth-order valence-corrected chi connectivity index (χ4v) is 6.02. The van der Waals surface area contributed by atoms with Crippen LogP contribution in [0.4, 0.5) is 8.78 Å². The number of nitrogens with zero attached hydrogens (tertiary/aromatic N) is 1. The van der Waals surface area contributed by atoms with Crippen LogP contribution in [0.2, 0.25) is 0 Å². The normalized spacial score (nSPS) is 15.2. The second-order valence-electron chi connectivity index (χ2n) is 9.64. The molecule has 1 aliphatic rings. The molecule has 7 heteroatoms. The Morgan fingerprint density at radius 1 is 1.05 bits per heavy atom. The van der Waals surface area contributed by atoms with Gasteiger partial charge in [0.25, 0.3) is 0 Å². The number of carboxylic acid groups (broad SMARTS) is 1. The molecule has 5 rings (SSSR count). The lowest BCUT2D eigenvalue weighted by Gasteiger charge is -2.29. The zero-order valence-electron chi connectivity index (χ0n) is 20.4. The highest BCUT2D eigenvalue weighted by Crippen LogP contribution is 2.49. The Bertz CT molecular complexity index is 1530. The Morgan fingerprint density at radius 2 is 1.84 bits per heavy atom. The highest BCUT2D eigenvalue weighted by molar-refractivity contribution is 8.01. The van der Waals surface area contributed by atoms with Gasteiger partial charge in [-0.2, -0.15) is 0 Å². The molecule has 0 aliphatic carbocycles. The van der Waals surface area contributed by atoms with Crippen LogP contribution < -0.4 is 4.74 Å². The molecule has 1 atom stereocenters. The summed E-state index contributed by atoms with van der Waals surface area (Å²) in [5.74, 6) is -1.90. The number of carboxylic acids is 1. The number of fused-ring (bicyclic) bond motifs is 3. The van der Waals surface area contributed by atoms with Crippen molar-refractivity contribution in [3.63, 3.8) is 0 Å². The van der Waals surface area contributed by atoms with Gasteiger partial charge in [-0.25, -0.2) is 13.8 Å². The third kappa shape index (κ3) is 5.52. The Balaban J connectivity index is 1.51. The van der Waals surface area contributed by atoms with Crippen LogP contribution in [0, 0.1) is 11.6 Å². The molecule has 2 heterocycles. The van der Waals surface area contributed by atoms with E-state index in [0.29, 0.717) is 23.2 Å². The van der Waals surface area contributed by atoms with E-state index in [9.17, 15) is 18.7 Å². The monoisotopic (exact) mass is 517 g/mol. The van der Waals surface area contributed by atoms with Crippen LogP contribution in [0.15, 0.2) is 66.7 Å². The molecular formula is C30H25F2NO3S. The number of hydrogen-bond acceptors (Lipinski definition) is 4. The smallest absolute Gasteiger partial charge is 0.304 e. The predicted octanol–water partition coefficient (Wildman–Crippen LogP) is 7.65. The van der Waals surface area contributed by atoms with E-state index in [2.05, 4.69) is 17.1 Å². The minimum Gasteiger partial charge on any atom is -0.489 e. The Labute approximate surface area is 218 Å². The summed E-state index contributed by atoms with van der Waals surface area (Å²) in [6, 6.07) is 19.7. The summed E-state index contributed by atoms with van der Waals surface area (Å²) in [7, 11) is 0. The number of aromatic nitrogens is 1. The van der Waals surface area contributed by atoms with Crippen LogP contribution in [-0.4, -0.2) is 20.8 Å². The van der Waals surface area contributed by atoms with Crippen molar-refractivity contribution in [2.45, 2.75) is 36.9 Å². The first kappa shape index (κ1) is 25.0. The lowest BCUT2D eigenvalue weighted by molar-refractivity contribution is -0.137. The fraction of sp³-hybridized carbons (Fsp3) is 0.200. The van der Waals surface area contributed by atoms with E-state index in [1.807, 2.05) is 56.3 Å². The molecule has 0 fully saturated rings. The van der Waals surface area contributed by atoms with Crippen LogP contribution in [0.3, 0.4) is 0 Å². The molecule has 0 spiro atoms. The largest absolute Gasteiger partial charge is 0.489 e. The number of pyridine rings is 1. The standard InChI is InChI=1S/C30H25F2NO3S/c1-30(2,16-28(34)35)37-29-22-6-4-3-5-20(22)17-36-27-12-8-18(13-23(27)29)7-10-21-11-9-19-14-24(31)25(32)15-26(19)33-21/h3-15,29H,16-17H2,1-2H3,(H,34,35). The summed E-state index contributed by atoms with van der Waals surface area (Å²) in [4.78, 5) is 16.0. The van der Waals surface area contributed by atoms with E-state index in [4.69, 9.17) is 4.74 Å². The van der Waals surface area contributed by atoms with Gasteiger partial charge in [0.05, 0.1) is 22.9 Å². The zero-order valence-corrected chi connectivity index (χ0v) is 21.2. The number of aliphatic carboxylic acids is 1. The van der Waals surface area contributed by atoms with Gasteiger partial charge in [0.1, 0.15) is 12.4 Å². The minimum atomic E-state index is -0.929. The third-order valence-corrected chi connectivity index (χ3v) is 7.78. The summed E-state index contributed by atoms with van der Waals surface area (Å²) < 4.78 is 32.8. The molecule has 1 aromatic heterocycles. The van der Waals surface area contributed by atoms with E-state index < -0.39 is 22.4 Å². The lowest BCUT2D eigenvalue weighted by atomic mass is 9.98. The number of thioether (sulfide) groups is 1. The van der Waals surface area contributed by atoms with Crippen LogP contribution in [0.1, 0.15) is 53.5 Å². The highest BCUT2D eigenvalue weighted by atomic mass is 32.2. The van der Waals surface area contributed by atoms with Crippen molar-refractivity contribution in [3.05, 3.63) is 106 Å². The number of benzene rings is 3. The van der Waals surface area contributed by atoms with E-state index in [0.717, 1.165) is 40.1 Å². The summed E-state index contributed by atoms with van der Waals surface area (Å²) in [5.41, 5.74) is 5.06. The molecule has 4 aromatic rings. The summed E-state index contributed by atoms with van der Waals surface area (Å²) >= 11 is 1.61. The first-order valence-electron chi connectivity index (χ1n) is 11.9. The molecule has 1 unspecified atom stereocenters. The molecule has 1 aliphatic heterocycles. The molecule has 188 valence electrons. The third-order valence-electron chi connectivity index (χ3n) is 6.25. The maximum absolute atomic E-state index is 13.7. The number of carbonyl (C=O) groups is 1.